The Morgan fingerprint density at radius 1 is 1.11 bits per heavy atom. The molecule has 18 heavy (non-hydrogen) atoms. The van der Waals surface area contributed by atoms with Crippen LogP contribution in [0.4, 0.5) is 0 Å². The molecule has 106 valence electrons. The zero-order valence-electron chi connectivity index (χ0n) is 11.3. The Hall–Kier alpha value is 0.0169. The summed E-state index contributed by atoms with van der Waals surface area (Å²) in [5.74, 6) is 0. The van der Waals surface area contributed by atoms with Gasteiger partial charge in [0.15, 0.2) is 14.6 Å². The Labute approximate surface area is 109 Å². The van der Waals surface area contributed by atoms with Gasteiger partial charge < -0.3 is 24.1 Å². The minimum absolute atomic E-state index is 0.335. The summed E-state index contributed by atoms with van der Waals surface area (Å²) in [5, 5.41) is 20.1. The van der Waals surface area contributed by atoms with Gasteiger partial charge in [-0.15, -0.1) is 0 Å². The van der Waals surface area contributed by atoms with Crippen LogP contribution in [-0.4, -0.2) is 55.8 Å². The van der Waals surface area contributed by atoms with Crippen LogP contribution in [0.25, 0.3) is 0 Å². The third-order valence-corrected chi connectivity index (χ3v) is 9.03. The number of hydrogen-bond acceptors (Lipinski definition) is 5. The molecule has 5 atom stereocenters. The maximum absolute atomic E-state index is 10.2. The molecule has 2 bridgehead atoms. The van der Waals surface area contributed by atoms with Gasteiger partial charge in [-0.05, 0) is 18.1 Å². The van der Waals surface area contributed by atoms with Gasteiger partial charge in [0.1, 0.15) is 24.4 Å². The first-order valence-corrected chi connectivity index (χ1v) is 9.41. The lowest BCUT2D eigenvalue weighted by molar-refractivity contribution is -0.223. The number of aliphatic hydroxyl groups is 2. The van der Waals surface area contributed by atoms with Crippen molar-refractivity contribution in [3.63, 3.8) is 0 Å². The summed E-state index contributed by atoms with van der Waals surface area (Å²) >= 11 is 0. The molecule has 0 radical (unpaired) electrons. The smallest absolute Gasteiger partial charge is 0.192 e. The summed E-state index contributed by atoms with van der Waals surface area (Å²) in [5.41, 5.74) is 0. The minimum atomic E-state index is -1.85. The Bertz CT molecular complexity index is 275. The molecule has 0 saturated carbocycles. The molecule has 2 rings (SSSR count). The van der Waals surface area contributed by atoms with E-state index in [1.54, 1.807) is 0 Å². The van der Waals surface area contributed by atoms with E-state index in [1.807, 2.05) is 0 Å². The number of fused-ring (bicyclic) bond motifs is 2. The third-order valence-electron chi connectivity index (χ3n) is 4.39. The monoisotopic (exact) mass is 276 g/mol. The highest BCUT2D eigenvalue weighted by Crippen LogP contribution is 2.34. The van der Waals surface area contributed by atoms with Crippen LogP contribution >= 0.6 is 0 Å². The van der Waals surface area contributed by atoms with Crippen LogP contribution in [0.15, 0.2) is 0 Å². The van der Waals surface area contributed by atoms with Crippen molar-refractivity contribution in [2.75, 3.05) is 6.61 Å². The van der Waals surface area contributed by atoms with Crippen molar-refractivity contribution in [3.8, 4) is 0 Å². The van der Waals surface area contributed by atoms with Crippen LogP contribution in [0, 0.1) is 0 Å². The van der Waals surface area contributed by atoms with Gasteiger partial charge >= 0.3 is 0 Å². The maximum atomic E-state index is 10.2. The standard InChI is InChI=1S/C12H24O5Si/c1-4-18(5-2,6-3)17-11-10(14)9(13)8-7-15-12(11)16-8/h8-14H,4-7H2,1-3H3/t8-,9+,10+,11-,12-/m1/s1. The van der Waals surface area contributed by atoms with E-state index < -0.39 is 39.0 Å². The maximum Gasteiger partial charge on any atom is 0.192 e. The van der Waals surface area contributed by atoms with Gasteiger partial charge in [-0.1, -0.05) is 20.8 Å². The summed E-state index contributed by atoms with van der Waals surface area (Å²) in [6.07, 6.45) is -3.31. The average molecular weight is 276 g/mol. The predicted octanol–water partition coefficient (Wildman–Crippen LogP) is 0.854. The number of rotatable bonds is 5. The molecule has 2 fully saturated rings. The molecule has 0 aromatic carbocycles. The predicted molar refractivity (Wildman–Crippen MR) is 68.7 cm³/mol. The van der Waals surface area contributed by atoms with E-state index in [-0.39, 0.29) is 0 Å². The van der Waals surface area contributed by atoms with E-state index in [4.69, 9.17) is 13.9 Å². The van der Waals surface area contributed by atoms with Crippen molar-refractivity contribution in [3.05, 3.63) is 0 Å². The number of aliphatic hydroxyl groups excluding tert-OH is 2. The lowest BCUT2D eigenvalue weighted by Gasteiger charge is -2.41. The van der Waals surface area contributed by atoms with Gasteiger partial charge in [0.25, 0.3) is 0 Å². The Morgan fingerprint density at radius 3 is 2.28 bits per heavy atom. The highest BCUT2D eigenvalue weighted by molar-refractivity contribution is 6.73. The van der Waals surface area contributed by atoms with Gasteiger partial charge in [-0.3, -0.25) is 0 Å². The van der Waals surface area contributed by atoms with Crippen LogP contribution in [0.3, 0.4) is 0 Å². The molecule has 2 saturated heterocycles. The van der Waals surface area contributed by atoms with Gasteiger partial charge in [0, 0.05) is 0 Å². The molecular formula is C12H24O5Si. The normalized spacial score (nSPS) is 40.2. The number of hydrogen-bond donors (Lipinski definition) is 2. The van der Waals surface area contributed by atoms with E-state index in [0.717, 1.165) is 18.1 Å². The van der Waals surface area contributed by atoms with Crippen LogP contribution in [0.2, 0.25) is 18.1 Å². The Kier molecular flexibility index (Phi) is 4.46. The Morgan fingerprint density at radius 2 is 1.72 bits per heavy atom. The first-order valence-electron chi connectivity index (χ1n) is 6.88. The van der Waals surface area contributed by atoms with Crippen LogP contribution < -0.4 is 0 Å². The molecule has 5 nitrogen and oxygen atoms in total. The topological polar surface area (TPSA) is 68.2 Å². The summed E-state index contributed by atoms with van der Waals surface area (Å²) in [7, 11) is -1.85. The Balaban J connectivity index is 2.11. The van der Waals surface area contributed by atoms with Crippen molar-refractivity contribution in [1.29, 1.82) is 0 Å². The number of ether oxygens (including phenoxy) is 2. The van der Waals surface area contributed by atoms with Gasteiger partial charge in [-0.25, -0.2) is 0 Å². The zero-order valence-corrected chi connectivity index (χ0v) is 12.3. The summed E-state index contributed by atoms with van der Waals surface area (Å²) in [6, 6.07) is 2.99. The second-order valence-electron chi connectivity index (χ2n) is 5.18. The van der Waals surface area contributed by atoms with Crippen LogP contribution in [0.5, 0.6) is 0 Å². The fraction of sp³-hybridized carbons (Fsp3) is 1.00. The molecule has 0 aromatic rings. The van der Waals surface area contributed by atoms with E-state index in [0.29, 0.717) is 6.61 Å². The summed E-state index contributed by atoms with van der Waals surface area (Å²) < 4.78 is 17.2. The molecule has 0 unspecified atom stereocenters. The summed E-state index contributed by atoms with van der Waals surface area (Å²) in [6.45, 7) is 6.72. The van der Waals surface area contributed by atoms with Gasteiger partial charge in [0.2, 0.25) is 0 Å². The van der Waals surface area contributed by atoms with Crippen molar-refractivity contribution in [1.82, 2.24) is 0 Å². The fourth-order valence-corrected chi connectivity index (χ4v) is 5.61. The van der Waals surface area contributed by atoms with Crippen LogP contribution in [0.1, 0.15) is 20.8 Å². The van der Waals surface area contributed by atoms with Gasteiger partial charge in [0.05, 0.1) is 6.61 Å². The first-order chi connectivity index (χ1) is 8.56. The van der Waals surface area contributed by atoms with Crippen molar-refractivity contribution in [2.45, 2.75) is 69.6 Å². The van der Waals surface area contributed by atoms with Crippen molar-refractivity contribution < 1.29 is 24.1 Å². The third kappa shape index (κ3) is 2.37. The first kappa shape index (κ1) is 14.4. The fourth-order valence-electron chi connectivity index (χ4n) is 2.78. The highest BCUT2D eigenvalue weighted by atomic mass is 28.4. The molecule has 2 heterocycles. The van der Waals surface area contributed by atoms with Crippen molar-refractivity contribution in [2.24, 2.45) is 0 Å². The van der Waals surface area contributed by atoms with Gasteiger partial charge in [-0.2, -0.15) is 0 Å². The molecule has 2 aliphatic rings. The molecule has 0 aliphatic carbocycles. The average Bonchev–Trinajstić information content (AvgIpc) is 2.85. The molecule has 2 N–H and O–H groups in total. The van der Waals surface area contributed by atoms with Crippen LogP contribution in [-0.2, 0) is 13.9 Å². The van der Waals surface area contributed by atoms with E-state index in [2.05, 4.69) is 20.8 Å². The molecule has 0 spiro atoms. The summed E-state index contributed by atoms with van der Waals surface area (Å²) in [4.78, 5) is 0. The molecular weight excluding hydrogens is 252 g/mol. The lowest BCUT2D eigenvalue weighted by Crippen LogP contribution is -2.58. The molecule has 0 aromatic heterocycles. The SMILES string of the molecule is CC[Si](CC)(CC)O[C@H]1[C@@H]2OC[C@@H](O2)[C@H](O)[C@@H]1O. The van der Waals surface area contributed by atoms with E-state index in [1.165, 1.54) is 0 Å². The second-order valence-corrected chi connectivity index (χ2v) is 9.91. The van der Waals surface area contributed by atoms with E-state index >= 15 is 0 Å². The van der Waals surface area contributed by atoms with Crippen molar-refractivity contribution >= 4 is 8.32 Å². The minimum Gasteiger partial charge on any atom is -0.406 e. The zero-order chi connectivity index (χ0) is 13.3. The molecule has 2 aliphatic heterocycles. The van der Waals surface area contributed by atoms with E-state index in [9.17, 15) is 10.2 Å². The lowest BCUT2D eigenvalue weighted by atomic mass is 10.0. The quantitative estimate of drug-likeness (QED) is 0.729. The second kappa shape index (κ2) is 5.56. The largest absolute Gasteiger partial charge is 0.406 e. The molecule has 6 heteroatoms. The molecule has 0 amide bonds. The highest BCUT2D eigenvalue weighted by Gasteiger charge is 2.52.